The molecule has 0 amide bonds. The molecule has 0 aliphatic carbocycles. The minimum atomic E-state index is -0.587. The summed E-state index contributed by atoms with van der Waals surface area (Å²) >= 11 is 0. The molecule has 0 aromatic rings. The average Bonchev–Trinajstić information content (AvgIpc) is 2.66. The normalized spacial score (nSPS) is 25.8. The maximum Gasteiger partial charge on any atom is 0.0766 e. The third kappa shape index (κ3) is 4.57. The first-order valence-corrected chi connectivity index (χ1v) is 7.00. The van der Waals surface area contributed by atoms with E-state index in [1.54, 1.807) is 0 Å². The van der Waals surface area contributed by atoms with Gasteiger partial charge in [-0.1, -0.05) is 13.8 Å². The van der Waals surface area contributed by atoms with Crippen LogP contribution >= 0.6 is 0 Å². The fourth-order valence-corrected chi connectivity index (χ4v) is 2.23. The van der Waals surface area contributed by atoms with Crippen LogP contribution in [0.1, 0.15) is 41.0 Å². The fraction of sp³-hybridized carbons (Fsp3) is 1.00. The average molecular weight is 242 g/mol. The van der Waals surface area contributed by atoms with E-state index in [0.717, 1.165) is 12.5 Å². The quantitative estimate of drug-likeness (QED) is 0.744. The molecule has 0 saturated carbocycles. The van der Waals surface area contributed by atoms with E-state index < -0.39 is 5.60 Å². The van der Waals surface area contributed by atoms with Crippen LogP contribution in [0.2, 0.25) is 0 Å². The minimum Gasteiger partial charge on any atom is -0.389 e. The van der Waals surface area contributed by atoms with Gasteiger partial charge in [0.2, 0.25) is 0 Å². The Balaban J connectivity index is 2.20. The Kier molecular flexibility index (Phi) is 5.42. The summed E-state index contributed by atoms with van der Waals surface area (Å²) in [6.07, 6.45) is 1.29. The topological polar surface area (TPSA) is 35.5 Å². The van der Waals surface area contributed by atoms with Crippen LogP contribution in [0.5, 0.6) is 0 Å². The van der Waals surface area contributed by atoms with E-state index in [1.807, 2.05) is 6.92 Å². The molecule has 1 fully saturated rings. The Labute approximate surface area is 107 Å². The van der Waals surface area contributed by atoms with E-state index in [4.69, 9.17) is 0 Å². The monoisotopic (exact) mass is 242 g/mol. The van der Waals surface area contributed by atoms with Crippen molar-refractivity contribution >= 4 is 0 Å². The highest BCUT2D eigenvalue weighted by molar-refractivity contribution is 4.82. The second-order valence-corrected chi connectivity index (χ2v) is 6.39. The number of nitrogens with one attached hydrogen (secondary N) is 1. The molecule has 3 heteroatoms. The zero-order valence-electron chi connectivity index (χ0n) is 12.2. The van der Waals surface area contributed by atoms with Crippen LogP contribution in [0.3, 0.4) is 0 Å². The summed E-state index contributed by atoms with van der Waals surface area (Å²) < 4.78 is 0. The molecule has 2 unspecified atom stereocenters. The van der Waals surface area contributed by atoms with Gasteiger partial charge in [0.25, 0.3) is 0 Å². The summed E-state index contributed by atoms with van der Waals surface area (Å²) in [4.78, 5) is 2.53. The van der Waals surface area contributed by atoms with Crippen molar-refractivity contribution in [2.24, 2.45) is 11.8 Å². The Morgan fingerprint density at radius 2 is 2.00 bits per heavy atom. The van der Waals surface area contributed by atoms with Gasteiger partial charge in [-0.15, -0.1) is 0 Å². The highest BCUT2D eigenvalue weighted by Gasteiger charge is 2.27. The van der Waals surface area contributed by atoms with E-state index in [0.29, 0.717) is 18.5 Å². The standard InChI is InChI=1S/C14H30N2O/c1-11(2)14(5,17)10-15-8-13-6-7-16(9-13)12(3)4/h11-13,15,17H,6-10H2,1-5H3. The predicted molar refractivity (Wildman–Crippen MR) is 73.1 cm³/mol. The van der Waals surface area contributed by atoms with E-state index in [1.165, 1.54) is 19.5 Å². The zero-order valence-corrected chi connectivity index (χ0v) is 12.2. The van der Waals surface area contributed by atoms with Gasteiger partial charge >= 0.3 is 0 Å². The number of rotatable bonds is 6. The van der Waals surface area contributed by atoms with Crippen LogP contribution in [-0.2, 0) is 0 Å². The van der Waals surface area contributed by atoms with Crippen molar-refractivity contribution in [1.29, 1.82) is 0 Å². The van der Waals surface area contributed by atoms with Crippen LogP contribution in [-0.4, -0.2) is 47.8 Å². The Morgan fingerprint density at radius 3 is 2.47 bits per heavy atom. The lowest BCUT2D eigenvalue weighted by atomic mass is 9.92. The SMILES string of the molecule is CC(C)N1CCC(CNCC(C)(O)C(C)C)C1. The van der Waals surface area contributed by atoms with Gasteiger partial charge in [0.1, 0.15) is 0 Å². The highest BCUT2D eigenvalue weighted by atomic mass is 16.3. The molecule has 1 rings (SSSR count). The summed E-state index contributed by atoms with van der Waals surface area (Å²) in [5, 5.41) is 13.6. The van der Waals surface area contributed by atoms with Crippen LogP contribution in [0.15, 0.2) is 0 Å². The zero-order chi connectivity index (χ0) is 13.1. The summed E-state index contributed by atoms with van der Waals surface area (Å²) in [5.74, 6) is 1.05. The first-order valence-electron chi connectivity index (χ1n) is 7.00. The van der Waals surface area contributed by atoms with Crippen LogP contribution in [0.4, 0.5) is 0 Å². The predicted octanol–water partition coefficient (Wildman–Crippen LogP) is 1.71. The molecule has 102 valence electrons. The van der Waals surface area contributed by atoms with Crippen molar-refractivity contribution < 1.29 is 5.11 Å². The molecule has 0 radical (unpaired) electrons. The van der Waals surface area contributed by atoms with Crippen molar-refractivity contribution in [2.45, 2.75) is 52.7 Å². The molecule has 2 N–H and O–H groups in total. The Bertz CT molecular complexity index is 226. The Hall–Kier alpha value is -0.120. The third-order valence-corrected chi connectivity index (χ3v) is 4.21. The second kappa shape index (κ2) is 6.17. The molecule has 1 aliphatic heterocycles. The molecule has 0 bridgehead atoms. The molecule has 17 heavy (non-hydrogen) atoms. The third-order valence-electron chi connectivity index (χ3n) is 4.21. The van der Waals surface area contributed by atoms with Gasteiger partial charge in [-0.25, -0.2) is 0 Å². The lowest BCUT2D eigenvalue weighted by Crippen LogP contribution is -2.43. The molecule has 1 aliphatic rings. The highest BCUT2D eigenvalue weighted by Crippen LogP contribution is 2.18. The number of aliphatic hydroxyl groups is 1. The van der Waals surface area contributed by atoms with E-state index in [-0.39, 0.29) is 0 Å². The van der Waals surface area contributed by atoms with Crippen molar-refractivity contribution in [3.63, 3.8) is 0 Å². The maximum atomic E-state index is 10.1. The van der Waals surface area contributed by atoms with Crippen molar-refractivity contribution in [3.05, 3.63) is 0 Å². The number of hydrogen-bond acceptors (Lipinski definition) is 3. The summed E-state index contributed by atoms with van der Waals surface area (Å²) in [6.45, 7) is 14.7. The molecule has 2 atom stereocenters. The molecule has 0 aromatic carbocycles. The Morgan fingerprint density at radius 1 is 1.35 bits per heavy atom. The second-order valence-electron chi connectivity index (χ2n) is 6.39. The van der Waals surface area contributed by atoms with Crippen molar-refractivity contribution in [2.75, 3.05) is 26.2 Å². The molecular formula is C14H30N2O. The summed E-state index contributed by atoms with van der Waals surface area (Å²) in [5.41, 5.74) is -0.587. The minimum absolute atomic E-state index is 0.297. The van der Waals surface area contributed by atoms with Gasteiger partial charge in [0, 0.05) is 19.1 Å². The largest absolute Gasteiger partial charge is 0.389 e. The lowest BCUT2D eigenvalue weighted by Gasteiger charge is -2.28. The maximum absolute atomic E-state index is 10.1. The van der Waals surface area contributed by atoms with Crippen LogP contribution in [0.25, 0.3) is 0 Å². The van der Waals surface area contributed by atoms with Crippen LogP contribution in [0, 0.1) is 11.8 Å². The molecule has 1 saturated heterocycles. The van der Waals surface area contributed by atoms with Gasteiger partial charge < -0.3 is 15.3 Å². The molecule has 0 spiro atoms. The van der Waals surface area contributed by atoms with Crippen molar-refractivity contribution in [3.8, 4) is 0 Å². The molecule has 1 heterocycles. The fourth-order valence-electron chi connectivity index (χ4n) is 2.23. The first-order chi connectivity index (χ1) is 7.83. The van der Waals surface area contributed by atoms with Gasteiger partial charge in [-0.05, 0) is 52.1 Å². The number of hydrogen-bond donors (Lipinski definition) is 2. The van der Waals surface area contributed by atoms with Gasteiger partial charge in [0.15, 0.2) is 0 Å². The summed E-state index contributed by atoms with van der Waals surface area (Å²) in [7, 11) is 0. The molecule has 0 aromatic heterocycles. The van der Waals surface area contributed by atoms with E-state index in [2.05, 4.69) is 37.9 Å². The smallest absolute Gasteiger partial charge is 0.0766 e. The van der Waals surface area contributed by atoms with Gasteiger partial charge in [-0.3, -0.25) is 0 Å². The van der Waals surface area contributed by atoms with Gasteiger partial charge in [0.05, 0.1) is 5.60 Å². The lowest BCUT2D eigenvalue weighted by molar-refractivity contribution is 0.0136. The first kappa shape index (κ1) is 14.9. The molecular weight excluding hydrogens is 212 g/mol. The van der Waals surface area contributed by atoms with E-state index >= 15 is 0 Å². The number of nitrogens with zero attached hydrogens (tertiary/aromatic N) is 1. The number of likely N-dealkylation sites (tertiary alicyclic amines) is 1. The molecule has 3 nitrogen and oxygen atoms in total. The van der Waals surface area contributed by atoms with Gasteiger partial charge in [-0.2, -0.15) is 0 Å². The summed E-state index contributed by atoms with van der Waals surface area (Å²) in [6, 6.07) is 0.666. The van der Waals surface area contributed by atoms with Crippen molar-refractivity contribution in [1.82, 2.24) is 10.2 Å². The van der Waals surface area contributed by atoms with Crippen LogP contribution < -0.4 is 5.32 Å². The van der Waals surface area contributed by atoms with E-state index in [9.17, 15) is 5.11 Å².